The third-order valence-corrected chi connectivity index (χ3v) is 7.50. The van der Waals surface area contributed by atoms with Gasteiger partial charge in [0.15, 0.2) is 0 Å². The standard InChI is InChI=1S/C29H37Cl2NO5/c1-28(2,3)37-26(34)22(15-21-11-12-23(30)24(31)16-21)18-32-27(35)29(13-7-8-14-29)17-25(33)36-19-20-9-5-4-6-10-20/h4-5,9,11-12,16,22H,6-8,10,13-15,17-19H2,1-3H3,(H,32,35). The van der Waals surface area contributed by atoms with Gasteiger partial charge in [0.2, 0.25) is 5.91 Å². The van der Waals surface area contributed by atoms with E-state index in [-0.39, 0.29) is 31.4 Å². The van der Waals surface area contributed by atoms with Gasteiger partial charge in [-0.3, -0.25) is 14.4 Å². The zero-order valence-corrected chi connectivity index (χ0v) is 23.4. The Hall–Kier alpha value is -2.31. The van der Waals surface area contributed by atoms with Crippen LogP contribution in [0.4, 0.5) is 0 Å². The van der Waals surface area contributed by atoms with Gasteiger partial charge in [-0.05, 0) is 76.1 Å². The summed E-state index contributed by atoms with van der Waals surface area (Å²) in [6.07, 6.45) is 11.2. The van der Waals surface area contributed by atoms with Gasteiger partial charge in [0.1, 0.15) is 12.2 Å². The van der Waals surface area contributed by atoms with Crippen LogP contribution in [0.25, 0.3) is 0 Å². The summed E-state index contributed by atoms with van der Waals surface area (Å²) in [4.78, 5) is 39.2. The summed E-state index contributed by atoms with van der Waals surface area (Å²) in [5.41, 5.74) is 0.394. The van der Waals surface area contributed by atoms with Crippen LogP contribution in [-0.2, 0) is 30.3 Å². The summed E-state index contributed by atoms with van der Waals surface area (Å²) in [6.45, 7) is 5.75. The molecule has 0 bridgehead atoms. The quantitative estimate of drug-likeness (QED) is 0.342. The van der Waals surface area contributed by atoms with Crippen LogP contribution in [-0.4, -0.2) is 36.6 Å². The summed E-state index contributed by atoms with van der Waals surface area (Å²) < 4.78 is 11.1. The Labute approximate surface area is 229 Å². The van der Waals surface area contributed by atoms with Crippen molar-refractivity contribution >= 4 is 41.0 Å². The number of ether oxygens (including phenoxy) is 2. The largest absolute Gasteiger partial charge is 0.461 e. The van der Waals surface area contributed by atoms with Gasteiger partial charge in [-0.2, -0.15) is 0 Å². The van der Waals surface area contributed by atoms with Crippen LogP contribution in [0.5, 0.6) is 0 Å². The van der Waals surface area contributed by atoms with Crippen molar-refractivity contribution in [3.63, 3.8) is 0 Å². The molecule has 37 heavy (non-hydrogen) atoms. The zero-order chi connectivity index (χ0) is 27.1. The minimum atomic E-state index is -0.819. The second-order valence-corrected chi connectivity index (χ2v) is 11.8. The highest BCUT2D eigenvalue weighted by Gasteiger charge is 2.43. The normalized spacial score (nSPS) is 17.6. The zero-order valence-electron chi connectivity index (χ0n) is 21.9. The number of nitrogens with one attached hydrogen (secondary N) is 1. The van der Waals surface area contributed by atoms with E-state index in [2.05, 4.69) is 11.4 Å². The maximum atomic E-state index is 13.4. The Balaban J connectivity index is 1.66. The highest BCUT2D eigenvalue weighted by atomic mass is 35.5. The predicted octanol–water partition coefficient (Wildman–Crippen LogP) is 6.38. The van der Waals surface area contributed by atoms with Crippen LogP contribution in [0, 0.1) is 11.3 Å². The Bertz CT molecular complexity index is 1050. The molecule has 202 valence electrons. The summed E-state index contributed by atoms with van der Waals surface area (Å²) in [5.74, 6) is -1.62. The average molecular weight is 551 g/mol. The number of hydrogen-bond donors (Lipinski definition) is 1. The number of esters is 2. The molecule has 6 nitrogen and oxygen atoms in total. The number of carbonyl (C=O) groups is 3. The molecule has 0 radical (unpaired) electrons. The fourth-order valence-electron chi connectivity index (χ4n) is 4.79. The molecule has 2 aliphatic carbocycles. The molecule has 1 amide bonds. The van der Waals surface area contributed by atoms with E-state index in [9.17, 15) is 14.4 Å². The van der Waals surface area contributed by atoms with Crippen LogP contribution < -0.4 is 5.32 Å². The summed E-state index contributed by atoms with van der Waals surface area (Å²) in [7, 11) is 0. The van der Waals surface area contributed by atoms with Crippen molar-refractivity contribution in [2.45, 2.75) is 77.7 Å². The topological polar surface area (TPSA) is 81.7 Å². The molecule has 0 spiro atoms. The Morgan fingerprint density at radius 2 is 1.84 bits per heavy atom. The molecule has 8 heteroatoms. The molecule has 0 saturated heterocycles. The number of benzene rings is 1. The fourth-order valence-corrected chi connectivity index (χ4v) is 5.11. The van der Waals surface area contributed by atoms with E-state index in [0.29, 0.717) is 29.3 Å². The van der Waals surface area contributed by atoms with Crippen LogP contribution in [0.2, 0.25) is 10.0 Å². The average Bonchev–Trinajstić information content (AvgIpc) is 3.31. The number of halogens is 2. The summed E-state index contributed by atoms with van der Waals surface area (Å²) >= 11 is 12.2. The van der Waals surface area contributed by atoms with Crippen molar-refractivity contribution in [3.8, 4) is 0 Å². The van der Waals surface area contributed by atoms with Crippen molar-refractivity contribution in [1.82, 2.24) is 5.32 Å². The van der Waals surface area contributed by atoms with Gasteiger partial charge in [0.25, 0.3) is 0 Å². The van der Waals surface area contributed by atoms with Gasteiger partial charge in [0.05, 0.1) is 27.8 Å². The van der Waals surface area contributed by atoms with Crippen molar-refractivity contribution in [1.29, 1.82) is 0 Å². The minimum absolute atomic E-state index is 0.0336. The molecule has 3 rings (SSSR count). The summed E-state index contributed by atoms with van der Waals surface area (Å²) in [5, 5.41) is 3.79. The van der Waals surface area contributed by atoms with Crippen molar-refractivity contribution in [2.24, 2.45) is 11.3 Å². The molecule has 1 aromatic carbocycles. The molecule has 1 N–H and O–H groups in total. The van der Waals surface area contributed by atoms with E-state index < -0.39 is 22.9 Å². The Morgan fingerprint density at radius 3 is 2.46 bits per heavy atom. The first-order chi connectivity index (χ1) is 17.5. The second-order valence-electron chi connectivity index (χ2n) is 11.0. The summed E-state index contributed by atoms with van der Waals surface area (Å²) in [6, 6.07) is 5.21. The lowest BCUT2D eigenvalue weighted by Crippen LogP contribution is -2.45. The van der Waals surface area contributed by atoms with Gasteiger partial charge in [-0.25, -0.2) is 0 Å². The van der Waals surface area contributed by atoms with E-state index in [1.807, 2.05) is 12.2 Å². The molecule has 1 atom stereocenters. The van der Waals surface area contributed by atoms with Crippen molar-refractivity contribution in [3.05, 3.63) is 57.6 Å². The lowest BCUT2D eigenvalue weighted by atomic mass is 9.81. The third kappa shape index (κ3) is 8.89. The maximum absolute atomic E-state index is 13.4. The Kier molecular flexibility index (Phi) is 10.3. The monoisotopic (exact) mass is 549 g/mol. The molecule has 1 fully saturated rings. The van der Waals surface area contributed by atoms with Crippen LogP contribution in [0.15, 0.2) is 42.0 Å². The van der Waals surface area contributed by atoms with Crippen LogP contribution >= 0.6 is 23.2 Å². The van der Waals surface area contributed by atoms with Gasteiger partial charge in [-0.15, -0.1) is 0 Å². The van der Waals surface area contributed by atoms with Crippen molar-refractivity contribution in [2.75, 3.05) is 13.2 Å². The van der Waals surface area contributed by atoms with E-state index >= 15 is 0 Å². The first-order valence-corrected chi connectivity index (χ1v) is 13.7. The SMILES string of the molecule is CC(C)(C)OC(=O)C(CNC(=O)C1(CC(=O)OCC2=CC=CCC2)CCCC1)Cc1ccc(Cl)c(Cl)c1. The number of allylic oxidation sites excluding steroid dienone is 3. The van der Waals surface area contributed by atoms with Gasteiger partial charge >= 0.3 is 11.9 Å². The van der Waals surface area contributed by atoms with Crippen LogP contribution in [0.1, 0.15) is 71.3 Å². The second kappa shape index (κ2) is 13.0. The molecular weight excluding hydrogens is 513 g/mol. The molecule has 0 aliphatic heterocycles. The number of carbonyl (C=O) groups excluding carboxylic acids is 3. The first-order valence-electron chi connectivity index (χ1n) is 12.9. The minimum Gasteiger partial charge on any atom is -0.461 e. The van der Waals surface area contributed by atoms with Gasteiger partial charge < -0.3 is 14.8 Å². The molecule has 0 heterocycles. The van der Waals surface area contributed by atoms with Crippen molar-refractivity contribution < 1.29 is 23.9 Å². The highest BCUT2D eigenvalue weighted by molar-refractivity contribution is 6.42. The van der Waals surface area contributed by atoms with E-state index in [4.69, 9.17) is 32.7 Å². The molecule has 2 aliphatic rings. The predicted molar refractivity (Wildman–Crippen MR) is 145 cm³/mol. The molecule has 1 unspecified atom stereocenters. The smallest absolute Gasteiger partial charge is 0.311 e. The molecular formula is C29H37Cl2NO5. The highest BCUT2D eigenvalue weighted by Crippen LogP contribution is 2.42. The van der Waals surface area contributed by atoms with E-state index in [0.717, 1.165) is 36.8 Å². The third-order valence-electron chi connectivity index (χ3n) is 6.76. The number of rotatable bonds is 10. The van der Waals surface area contributed by atoms with Gasteiger partial charge in [0, 0.05) is 6.54 Å². The first kappa shape index (κ1) is 29.2. The molecule has 0 aromatic heterocycles. The Morgan fingerprint density at radius 1 is 1.11 bits per heavy atom. The fraction of sp³-hybridized carbons (Fsp3) is 0.552. The molecule has 1 aromatic rings. The van der Waals surface area contributed by atoms with Crippen LogP contribution in [0.3, 0.4) is 0 Å². The van der Waals surface area contributed by atoms with E-state index in [1.54, 1.807) is 39.0 Å². The number of amides is 1. The lowest BCUT2D eigenvalue weighted by molar-refractivity contribution is -0.160. The lowest BCUT2D eigenvalue weighted by Gasteiger charge is -2.29. The maximum Gasteiger partial charge on any atom is 0.311 e. The molecule has 1 saturated carbocycles. The van der Waals surface area contributed by atoms with Gasteiger partial charge in [-0.1, -0.05) is 60.3 Å². The number of hydrogen-bond acceptors (Lipinski definition) is 5. The van der Waals surface area contributed by atoms with E-state index in [1.165, 1.54) is 0 Å².